The molecule has 5 nitrogen and oxygen atoms in total. The summed E-state index contributed by atoms with van der Waals surface area (Å²) in [4.78, 5) is 4.21. The second kappa shape index (κ2) is 7.69. The molecule has 6 heteroatoms. The molecule has 20 heavy (non-hydrogen) atoms. The van der Waals surface area contributed by atoms with E-state index < -0.39 is 0 Å². The molecular weight excluding hydrogens is 270 g/mol. The van der Waals surface area contributed by atoms with Crippen LogP contribution in [0, 0.1) is 6.92 Å². The van der Waals surface area contributed by atoms with Crippen molar-refractivity contribution in [2.75, 3.05) is 13.6 Å². The Morgan fingerprint density at radius 1 is 1.45 bits per heavy atom. The molecule has 2 aromatic heterocycles. The van der Waals surface area contributed by atoms with Crippen molar-refractivity contribution < 1.29 is 0 Å². The van der Waals surface area contributed by atoms with Crippen molar-refractivity contribution in [3.63, 3.8) is 0 Å². The Morgan fingerprint density at radius 3 is 3.00 bits per heavy atom. The molecule has 0 fully saturated rings. The Bertz CT molecular complexity index is 530. The normalized spacial score (nSPS) is 11.6. The van der Waals surface area contributed by atoms with Crippen molar-refractivity contribution >= 4 is 17.3 Å². The minimum absolute atomic E-state index is 0.807. The summed E-state index contributed by atoms with van der Waals surface area (Å²) in [5.74, 6) is 0.841. The smallest absolute Gasteiger partial charge is 0.191 e. The first kappa shape index (κ1) is 14.6. The lowest BCUT2D eigenvalue weighted by atomic mass is 10.3. The lowest BCUT2D eigenvalue weighted by Crippen LogP contribution is -2.37. The van der Waals surface area contributed by atoms with Gasteiger partial charge in [-0.3, -0.25) is 9.67 Å². The van der Waals surface area contributed by atoms with Crippen molar-refractivity contribution in [2.45, 2.75) is 26.4 Å². The number of aliphatic imine (C=N–C) groups is 1. The summed E-state index contributed by atoms with van der Waals surface area (Å²) in [5.41, 5.74) is 2.48. The predicted octanol–water partition coefficient (Wildman–Crippen LogP) is 2.01. The van der Waals surface area contributed by atoms with Crippen molar-refractivity contribution in [1.29, 1.82) is 0 Å². The molecule has 2 N–H and O–H groups in total. The Kier molecular flexibility index (Phi) is 5.61. The van der Waals surface area contributed by atoms with Gasteiger partial charge in [0.15, 0.2) is 5.96 Å². The van der Waals surface area contributed by atoms with Crippen LogP contribution in [0.15, 0.2) is 34.2 Å². The molecular formula is C14H21N5S. The molecule has 2 rings (SSSR count). The molecule has 0 aliphatic heterocycles. The predicted molar refractivity (Wildman–Crippen MR) is 84.1 cm³/mol. The lowest BCUT2D eigenvalue weighted by molar-refractivity contribution is 0.570. The highest BCUT2D eigenvalue weighted by molar-refractivity contribution is 7.07. The summed E-state index contributed by atoms with van der Waals surface area (Å²) in [7, 11) is 1.79. The first-order chi connectivity index (χ1) is 9.78. The summed E-state index contributed by atoms with van der Waals surface area (Å²) in [5, 5.41) is 15.1. The number of rotatable bonds is 6. The van der Waals surface area contributed by atoms with Crippen molar-refractivity contribution in [3.05, 3.63) is 40.3 Å². The van der Waals surface area contributed by atoms with Crippen LogP contribution in [0.4, 0.5) is 0 Å². The summed E-state index contributed by atoms with van der Waals surface area (Å²) in [6.07, 6.45) is 4.96. The van der Waals surface area contributed by atoms with Crippen LogP contribution in [0.1, 0.15) is 17.5 Å². The van der Waals surface area contributed by atoms with Crippen LogP contribution in [0.5, 0.6) is 0 Å². The van der Waals surface area contributed by atoms with Crippen molar-refractivity contribution in [1.82, 2.24) is 20.4 Å². The van der Waals surface area contributed by atoms with Crippen LogP contribution in [-0.4, -0.2) is 29.3 Å². The zero-order chi connectivity index (χ0) is 14.2. The number of thiophene rings is 1. The standard InChI is InChI=1S/C14H21N5S/c1-12-8-18-19(10-12)6-3-5-16-14(15-2)17-9-13-4-7-20-11-13/h4,7-8,10-11H,3,5-6,9H2,1-2H3,(H2,15,16,17). The minimum atomic E-state index is 0.807. The van der Waals surface area contributed by atoms with Gasteiger partial charge in [-0.2, -0.15) is 16.4 Å². The van der Waals surface area contributed by atoms with Gasteiger partial charge < -0.3 is 10.6 Å². The fraction of sp³-hybridized carbons (Fsp3) is 0.429. The lowest BCUT2D eigenvalue weighted by Gasteiger charge is -2.11. The summed E-state index contributed by atoms with van der Waals surface area (Å²) in [6.45, 7) is 4.66. The van der Waals surface area contributed by atoms with Gasteiger partial charge in [0.05, 0.1) is 6.20 Å². The number of nitrogens with zero attached hydrogens (tertiary/aromatic N) is 3. The first-order valence-electron chi connectivity index (χ1n) is 6.72. The van der Waals surface area contributed by atoms with Crippen molar-refractivity contribution in [2.24, 2.45) is 4.99 Å². The molecule has 0 aromatic carbocycles. The maximum Gasteiger partial charge on any atom is 0.191 e. The fourth-order valence-electron chi connectivity index (χ4n) is 1.84. The fourth-order valence-corrected chi connectivity index (χ4v) is 2.51. The van der Waals surface area contributed by atoms with Crippen LogP contribution in [0.25, 0.3) is 0 Å². The maximum atomic E-state index is 4.27. The molecule has 108 valence electrons. The van der Waals surface area contributed by atoms with Crippen LogP contribution in [0.2, 0.25) is 0 Å². The van der Waals surface area contributed by atoms with E-state index in [2.05, 4.69) is 50.7 Å². The summed E-state index contributed by atoms with van der Waals surface area (Å²) in [6, 6.07) is 2.12. The number of hydrogen-bond acceptors (Lipinski definition) is 3. The molecule has 0 aliphatic carbocycles. The van der Waals surface area contributed by atoms with E-state index in [1.807, 2.05) is 10.9 Å². The molecule has 0 unspecified atom stereocenters. The monoisotopic (exact) mass is 291 g/mol. The van der Waals surface area contributed by atoms with Gasteiger partial charge in [0, 0.05) is 32.9 Å². The van der Waals surface area contributed by atoms with Crippen molar-refractivity contribution in [3.8, 4) is 0 Å². The molecule has 0 radical (unpaired) electrons. The molecule has 2 aromatic rings. The Labute approximate surface area is 123 Å². The van der Waals surface area contributed by atoms with Gasteiger partial charge >= 0.3 is 0 Å². The third-order valence-electron chi connectivity index (χ3n) is 2.88. The van der Waals surface area contributed by atoms with E-state index in [9.17, 15) is 0 Å². The highest BCUT2D eigenvalue weighted by Crippen LogP contribution is 2.04. The average Bonchev–Trinajstić information content (AvgIpc) is 3.09. The Balaban J connectivity index is 1.64. The molecule has 0 aliphatic rings. The first-order valence-corrected chi connectivity index (χ1v) is 7.67. The quantitative estimate of drug-likeness (QED) is 0.486. The number of nitrogens with one attached hydrogen (secondary N) is 2. The van der Waals surface area contributed by atoms with Gasteiger partial charge in [0.25, 0.3) is 0 Å². The number of aryl methyl sites for hydroxylation is 2. The van der Waals surface area contributed by atoms with Gasteiger partial charge in [0.2, 0.25) is 0 Å². The van der Waals surface area contributed by atoms with Crippen LogP contribution >= 0.6 is 11.3 Å². The second-order valence-corrected chi connectivity index (χ2v) is 5.40. The molecule has 0 bridgehead atoms. The highest BCUT2D eigenvalue weighted by atomic mass is 32.1. The largest absolute Gasteiger partial charge is 0.356 e. The molecule has 0 atom stereocenters. The number of aromatic nitrogens is 2. The molecule has 0 amide bonds. The van der Waals surface area contributed by atoms with Gasteiger partial charge in [-0.25, -0.2) is 0 Å². The van der Waals surface area contributed by atoms with Crippen LogP contribution in [0.3, 0.4) is 0 Å². The van der Waals surface area contributed by atoms with Gasteiger partial charge in [-0.15, -0.1) is 0 Å². The topological polar surface area (TPSA) is 54.2 Å². The highest BCUT2D eigenvalue weighted by Gasteiger charge is 1.99. The second-order valence-electron chi connectivity index (χ2n) is 4.62. The van der Waals surface area contributed by atoms with Crippen LogP contribution < -0.4 is 10.6 Å². The SMILES string of the molecule is CN=C(NCCCn1cc(C)cn1)NCc1ccsc1. The van der Waals surface area contributed by atoms with Crippen LogP contribution in [-0.2, 0) is 13.1 Å². The Morgan fingerprint density at radius 2 is 2.35 bits per heavy atom. The zero-order valence-corrected chi connectivity index (χ0v) is 12.8. The van der Waals surface area contributed by atoms with E-state index in [1.165, 1.54) is 11.1 Å². The molecule has 0 spiro atoms. The Hall–Kier alpha value is -1.82. The minimum Gasteiger partial charge on any atom is -0.356 e. The molecule has 0 saturated carbocycles. The zero-order valence-electron chi connectivity index (χ0n) is 12.0. The van der Waals surface area contributed by atoms with E-state index in [0.29, 0.717) is 0 Å². The van der Waals surface area contributed by atoms with Gasteiger partial charge in [-0.05, 0) is 41.3 Å². The average molecular weight is 291 g/mol. The van der Waals surface area contributed by atoms with E-state index in [4.69, 9.17) is 0 Å². The summed E-state index contributed by atoms with van der Waals surface area (Å²) >= 11 is 1.71. The number of hydrogen-bond donors (Lipinski definition) is 2. The molecule has 0 saturated heterocycles. The van der Waals surface area contributed by atoms with Gasteiger partial charge in [0.1, 0.15) is 0 Å². The van der Waals surface area contributed by atoms with E-state index in [0.717, 1.165) is 32.0 Å². The third kappa shape index (κ3) is 4.70. The van der Waals surface area contributed by atoms with E-state index in [1.54, 1.807) is 18.4 Å². The number of guanidine groups is 1. The van der Waals surface area contributed by atoms with E-state index >= 15 is 0 Å². The van der Waals surface area contributed by atoms with Gasteiger partial charge in [-0.1, -0.05) is 0 Å². The molecule has 2 heterocycles. The maximum absolute atomic E-state index is 4.27. The van der Waals surface area contributed by atoms with E-state index in [-0.39, 0.29) is 0 Å². The third-order valence-corrected chi connectivity index (χ3v) is 3.61. The summed E-state index contributed by atoms with van der Waals surface area (Å²) < 4.78 is 1.97.